The van der Waals surface area contributed by atoms with Crippen LogP contribution in [0.25, 0.3) is 98.8 Å². The fourth-order valence-corrected chi connectivity index (χ4v) is 11.0. The van der Waals surface area contributed by atoms with E-state index in [2.05, 4.69) is 264 Å². The third-order valence-electron chi connectivity index (χ3n) is 13.9. The highest BCUT2D eigenvalue weighted by Gasteiger charge is 2.25. The molecule has 3 heteroatoms. The van der Waals surface area contributed by atoms with Crippen molar-refractivity contribution >= 4 is 82.2 Å². The minimum atomic E-state index is 1.10. The van der Waals surface area contributed by atoms with Crippen molar-refractivity contribution in [2.75, 3.05) is 4.90 Å². The second kappa shape index (κ2) is 15.5. The second-order valence-electron chi connectivity index (χ2n) is 17.8. The molecule has 0 spiro atoms. The summed E-state index contributed by atoms with van der Waals surface area (Å²) in [5.74, 6) is 0. The molecular formula is C64H45N3. The van der Waals surface area contributed by atoms with Gasteiger partial charge in [-0.3, -0.25) is 0 Å². The molecule has 0 aliphatic heterocycles. The zero-order valence-electron chi connectivity index (χ0n) is 37.4. The van der Waals surface area contributed by atoms with E-state index in [0.717, 1.165) is 39.5 Å². The second-order valence-corrected chi connectivity index (χ2v) is 17.8. The lowest BCUT2D eigenvalue weighted by atomic mass is 9.94. The Balaban J connectivity index is 1.04. The van der Waals surface area contributed by atoms with Crippen molar-refractivity contribution in [3.8, 4) is 33.6 Å². The lowest BCUT2D eigenvalue weighted by Crippen LogP contribution is -2.11. The van der Waals surface area contributed by atoms with Crippen LogP contribution in [0.1, 0.15) is 11.1 Å². The zero-order valence-corrected chi connectivity index (χ0v) is 37.4. The van der Waals surface area contributed by atoms with Crippen molar-refractivity contribution in [3.63, 3.8) is 0 Å². The molecule has 0 fully saturated rings. The largest absolute Gasteiger partial charge is 0.309 e. The number of aryl methyl sites for hydroxylation is 2. The van der Waals surface area contributed by atoms with Crippen molar-refractivity contribution in [1.29, 1.82) is 0 Å². The summed E-state index contributed by atoms with van der Waals surface area (Å²) in [6.45, 7) is 4.45. The van der Waals surface area contributed by atoms with Crippen LogP contribution in [0.5, 0.6) is 0 Å². The van der Waals surface area contributed by atoms with Gasteiger partial charge in [0.1, 0.15) is 0 Å². The molecule has 13 aromatic rings. The third kappa shape index (κ3) is 6.12. The number of para-hydroxylation sites is 3. The molecule has 2 heterocycles. The highest BCUT2D eigenvalue weighted by atomic mass is 15.2. The predicted octanol–water partition coefficient (Wildman–Crippen LogP) is 17.6. The number of hydrogen-bond acceptors (Lipinski definition) is 1. The Morgan fingerprint density at radius 3 is 1.21 bits per heavy atom. The van der Waals surface area contributed by atoms with Crippen molar-refractivity contribution in [3.05, 3.63) is 248 Å². The Bertz CT molecular complexity index is 3830. The molecule has 316 valence electrons. The lowest BCUT2D eigenvalue weighted by molar-refractivity contribution is 1.18. The fraction of sp³-hybridized carbons (Fsp3) is 0.0312. The lowest BCUT2D eigenvalue weighted by Gasteiger charge is -2.27. The highest BCUT2D eigenvalue weighted by molar-refractivity contribution is 6.21. The van der Waals surface area contributed by atoms with Crippen LogP contribution < -0.4 is 4.90 Å². The molecule has 0 saturated carbocycles. The van der Waals surface area contributed by atoms with Crippen molar-refractivity contribution < 1.29 is 0 Å². The van der Waals surface area contributed by atoms with Crippen LogP contribution in [0.4, 0.5) is 17.1 Å². The van der Waals surface area contributed by atoms with Gasteiger partial charge >= 0.3 is 0 Å². The van der Waals surface area contributed by atoms with Crippen LogP contribution in [-0.4, -0.2) is 9.13 Å². The Morgan fingerprint density at radius 2 is 0.716 bits per heavy atom. The molecule has 0 saturated heterocycles. The highest BCUT2D eigenvalue weighted by Crippen LogP contribution is 2.48. The molecular weight excluding hydrogens is 811 g/mol. The average Bonchev–Trinajstić information content (AvgIpc) is 3.91. The van der Waals surface area contributed by atoms with E-state index in [1.165, 1.54) is 87.5 Å². The van der Waals surface area contributed by atoms with Gasteiger partial charge in [0, 0.05) is 38.6 Å². The molecule has 3 nitrogen and oxygen atoms in total. The topological polar surface area (TPSA) is 13.1 Å². The van der Waals surface area contributed by atoms with E-state index in [9.17, 15) is 0 Å². The number of rotatable bonds is 7. The van der Waals surface area contributed by atoms with Crippen LogP contribution in [-0.2, 0) is 0 Å². The number of aromatic nitrogens is 2. The Hall–Kier alpha value is -8.66. The van der Waals surface area contributed by atoms with E-state index >= 15 is 0 Å². The molecule has 67 heavy (non-hydrogen) atoms. The van der Waals surface area contributed by atoms with Gasteiger partial charge in [-0.1, -0.05) is 164 Å². The van der Waals surface area contributed by atoms with Gasteiger partial charge in [-0.15, -0.1) is 0 Å². The summed E-state index contributed by atoms with van der Waals surface area (Å²) in [5.41, 5.74) is 17.7. The first-order chi connectivity index (χ1) is 33.1. The van der Waals surface area contributed by atoms with Crippen LogP contribution in [0.2, 0.25) is 0 Å². The zero-order chi connectivity index (χ0) is 44.6. The van der Waals surface area contributed by atoms with E-state index in [1.54, 1.807) is 0 Å². The van der Waals surface area contributed by atoms with Crippen molar-refractivity contribution in [2.24, 2.45) is 0 Å². The van der Waals surface area contributed by atoms with Crippen LogP contribution in [0.3, 0.4) is 0 Å². The smallest absolute Gasteiger partial charge is 0.0562 e. The molecule has 0 aliphatic carbocycles. The summed E-state index contributed by atoms with van der Waals surface area (Å²) < 4.78 is 4.91. The van der Waals surface area contributed by atoms with Gasteiger partial charge in [0.25, 0.3) is 0 Å². The number of fused-ring (bicyclic) bond motifs is 8. The minimum Gasteiger partial charge on any atom is -0.309 e. The summed E-state index contributed by atoms with van der Waals surface area (Å²) in [6, 6.07) is 86.9. The van der Waals surface area contributed by atoms with E-state index in [1.807, 2.05) is 0 Å². The Morgan fingerprint density at radius 1 is 0.313 bits per heavy atom. The quantitative estimate of drug-likeness (QED) is 0.156. The first-order valence-electron chi connectivity index (χ1n) is 23.2. The van der Waals surface area contributed by atoms with E-state index in [0.29, 0.717) is 0 Å². The molecule has 2 aromatic heterocycles. The fourth-order valence-electron chi connectivity index (χ4n) is 11.0. The summed E-state index contributed by atoms with van der Waals surface area (Å²) in [7, 11) is 0. The molecule has 0 bridgehead atoms. The maximum atomic E-state index is 2.49. The van der Waals surface area contributed by atoms with Crippen molar-refractivity contribution in [2.45, 2.75) is 13.8 Å². The van der Waals surface area contributed by atoms with Crippen molar-refractivity contribution in [1.82, 2.24) is 9.13 Å². The molecule has 0 unspecified atom stereocenters. The minimum absolute atomic E-state index is 1.10. The third-order valence-corrected chi connectivity index (χ3v) is 13.9. The number of nitrogens with zero attached hydrogens (tertiary/aromatic N) is 3. The van der Waals surface area contributed by atoms with Gasteiger partial charge in [-0.25, -0.2) is 0 Å². The molecule has 11 aromatic carbocycles. The van der Waals surface area contributed by atoms with Crippen LogP contribution >= 0.6 is 0 Å². The maximum absolute atomic E-state index is 2.49. The maximum Gasteiger partial charge on any atom is 0.0562 e. The Kier molecular flexibility index (Phi) is 8.97. The molecule has 13 rings (SSSR count). The van der Waals surface area contributed by atoms with E-state index < -0.39 is 0 Å². The molecule has 0 N–H and O–H groups in total. The van der Waals surface area contributed by atoms with E-state index in [4.69, 9.17) is 0 Å². The van der Waals surface area contributed by atoms with Gasteiger partial charge in [-0.05, 0) is 142 Å². The van der Waals surface area contributed by atoms with E-state index in [-0.39, 0.29) is 0 Å². The monoisotopic (exact) mass is 855 g/mol. The standard InChI is InChI=1S/C64H45N3/c1-42-36-38-44-18-6-8-26-51(44)61(42)46-20-14-24-49(40-46)66-55-30-12-10-28-53(55)63-57(32-16-34-59(63)66)65(48-22-4-3-5-23-48)58-33-17-35-60-64(58)54-29-11-13-31-56(54)67(60)50-25-15-21-47(41-50)62-43(2)37-39-45-19-7-9-27-52(45)62/h3-41H,1-2H3. The summed E-state index contributed by atoms with van der Waals surface area (Å²) >= 11 is 0. The summed E-state index contributed by atoms with van der Waals surface area (Å²) in [6.07, 6.45) is 0. The SMILES string of the molecule is Cc1ccc2ccccc2c1-c1cccc(-n2c3ccccc3c3c(N(c4ccccc4)c4cccc5c4c4ccccc4n5-c4cccc(-c5c(C)ccc6ccccc56)c4)cccc32)c1. The molecule has 0 atom stereocenters. The molecule has 0 aliphatic rings. The van der Waals surface area contributed by atoms with Crippen LogP contribution in [0, 0.1) is 13.8 Å². The Labute approximate surface area is 389 Å². The predicted molar refractivity (Wildman–Crippen MR) is 285 cm³/mol. The first kappa shape index (κ1) is 38.8. The summed E-state index contributed by atoms with van der Waals surface area (Å²) in [5, 5.41) is 9.85. The average molecular weight is 856 g/mol. The summed E-state index contributed by atoms with van der Waals surface area (Å²) in [4.78, 5) is 2.49. The normalized spacial score (nSPS) is 11.7. The first-order valence-corrected chi connectivity index (χ1v) is 23.2. The van der Waals surface area contributed by atoms with Gasteiger partial charge in [0.15, 0.2) is 0 Å². The van der Waals surface area contributed by atoms with Crippen LogP contribution in [0.15, 0.2) is 237 Å². The molecule has 0 amide bonds. The van der Waals surface area contributed by atoms with Gasteiger partial charge < -0.3 is 14.0 Å². The van der Waals surface area contributed by atoms with Gasteiger partial charge in [0.05, 0.1) is 33.4 Å². The van der Waals surface area contributed by atoms with Gasteiger partial charge in [0.2, 0.25) is 0 Å². The number of anilines is 3. The number of hydrogen-bond donors (Lipinski definition) is 0. The number of benzene rings is 11. The molecule has 0 radical (unpaired) electrons. The van der Waals surface area contributed by atoms with Gasteiger partial charge in [-0.2, -0.15) is 0 Å².